The van der Waals surface area contributed by atoms with Crippen LogP contribution in [-0.2, 0) is 11.2 Å². The van der Waals surface area contributed by atoms with Crippen molar-refractivity contribution in [3.63, 3.8) is 0 Å². The van der Waals surface area contributed by atoms with Gasteiger partial charge < -0.3 is 5.32 Å². The molecule has 1 aromatic carbocycles. The van der Waals surface area contributed by atoms with Crippen LogP contribution in [0.4, 0.5) is 0 Å². The summed E-state index contributed by atoms with van der Waals surface area (Å²) < 4.78 is 0. The number of carbonyl (C=O) groups excluding carboxylic acids is 1. The summed E-state index contributed by atoms with van der Waals surface area (Å²) in [7, 11) is 0. The molecule has 0 aliphatic heterocycles. The Morgan fingerprint density at radius 2 is 2.00 bits per heavy atom. The van der Waals surface area contributed by atoms with Gasteiger partial charge in [0.05, 0.1) is 5.92 Å². The second-order valence-corrected chi connectivity index (χ2v) is 6.48. The highest BCUT2D eigenvalue weighted by atomic mass is 79.9. The fourth-order valence-corrected chi connectivity index (χ4v) is 4.06. The summed E-state index contributed by atoms with van der Waals surface area (Å²) in [4.78, 5) is 12.5. The Balaban J connectivity index is 1.69. The van der Waals surface area contributed by atoms with E-state index in [4.69, 9.17) is 0 Å². The van der Waals surface area contributed by atoms with Gasteiger partial charge in [-0.2, -0.15) is 0 Å². The summed E-state index contributed by atoms with van der Waals surface area (Å²) >= 11 is 3.60. The van der Waals surface area contributed by atoms with Crippen molar-refractivity contribution in [2.45, 2.75) is 50.0 Å². The van der Waals surface area contributed by atoms with Crippen LogP contribution in [0, 0.1) is 0 Å². The lowest BCUT2D eigenvalue weighted by atomic mass is 9.76. The minimum absolute atomic E-state index is 0.000132. The highest BCUT2D eigenvalue weighted by Gasteiger charge is 2.38. The third kappa shape index (κ3) is 2.45. The molecule has 2 aliphatic rings. The van der Waals surface area contributed by atoms with Gasteiger partial charge in [-0.25, -0.2) is 0 Å². The second kappa shape index (κ2) is 5.28. The number of carbonyl (C=O) groups is 1. The molecule has 3 rings (SSSR count). The van der Waals surface area contributed by atoms with E-state index in [1.165, 1.54) is 30.4 Å². The van der Waals surface area contributed by atoms with Crippen LogP contribution >= 0.6 is 15.9 Å². The second-order valence-electron chi connectivity index (χ2n) is 5.92. The van der Waals surface area contributed by atoms with Gasteiger partial charge in [0.2, 0.25) is 5.91 Å². The van der Waals surface area contributed by atoms with Gasteiger partial charge in [0.15, 0.2) is 0 Å². The van der Waals surface area contributed by atoms with Gasteiger partial charge >= 0.3 is 0 Å². The van der Waals surface area contributed by atoms with Crippen LogP contribution in [-0.4, -0.2) is 16.8 Å². The molecule has 0 radical (unpaired) electrons. The first kappa shape index (κ1) is 13.2. The van der Waals surface area contributed by atoms with Crippen LogP contribution in [0.2, 0.25) is 0 Å². The van der Waals surface area contributed by atoms with Gasteiger partial charge in [0, 0.05) is 10.9 Å². The Kier molecular flexibility index (Phi) is 3.66. The summed E-state index contributed by atoms with van der Waals surface area (Å²) in [6.07, 6.45) is 6.88. The monoisotopic (exact) mass is 321 g/mol. The molecule has 0 bridgehead atoms. The quantitative estimate of drug-likeness (QED) is 0.848. The zero-order valence-corrected chi connectivity index (χ0v) is 12.7. The fourth-order valence-electron chi connectivity index (χ4n) is 3.36. The maximum atomic E-state index is 12.5. The van der Waals surface area contributed by atoms with Crippen molar-refractivity contribution in [1.82, 2.24) is 5.32 Å². The van der Waals surface area contributed by atoms with E-state index < -0.39 is 0 Å². The summed E-state index contributed by atoms with van der Waals surface area (Å²) in [5, 5.41) is 4.21. The molecular weight excluding hydrogens is 302 g/mol. The lowest BCUT2D eigenvalue weighted by molar-refractivity contribution is -0.125. The minimum atomic E-state index is -0.000132. The van der Waals surface area contributed by atoms with E-state index in [1.54, 1.807) is 0 Å². The molecule has 0 spiro atoms. The molecule has 1 saturated carbocycles. The molecule has 1 aromatic rings. The number of fused-ring (bicyclic) bond motifs is 1. The van der Waals surface area contributed by atoms with Crippen molar-refractivity contribution in [1.29, 1.82) is 0 Å². The average Bonchev–Trinajstić information content (AvgIpc) is 2.41. The Bertz CT molecular complexity index is 479. The topological polar surface area (TPSA) is 29.1 Å². The minimum Gasteiger partial charge on any atom is -0.349 e. The first-order valence-corrected chi connectivity index (χ1v) is 8.32. The van der Waals surface area contributed by atoms with E-state index in [-0.39, 0.29) is 17.4 Å². The number of rotatable bonds is 3. The lowest BCUT2D eigenvalue weighted by Gasteiger charge is -2.39. The highest BCUT2D eigenvalue weighted by Crippen LogP contribution is 2.37. The van der Waals surface area contributed by atoms with Crippen molar-refractivity contribution in [2.24, 2.45) is 0 Å². The van der Waals surface area contributed by atoms with Gasteiger partial charge in [-0.15, -0.1) is 0 Å². The Labute approximate surface area is 123 Å². The van der Waals surface area contributed by atoms with Crippen LogP contribution < -0.4 is 5.32 Å². The first-order chi connectivity index (χ1) is 9.24. The average molecular weight is 322 g/mol. The molecule has 1 amide bonds. The molecular formula is C16H20BrNO. The van der Waals surface area contributed by atoms with Gasteiger partial charge in [-0.05, 0) is 30.4 Å². The molecule has 102 valence electrons. The van der Waals surface area contributed by atoms with Crippen LogP contribution in [0.3, 0.4) is 0 Å². The van der Waals surface area contributed by atoms with Crippen LogP contribution in [0.5, 0.6) is 0 Å². The third-order valence-electron chi connectivity index (χ3n) is 4.63. The molecule has 2 aliphatic carbocycles. The largest absolute Gasteiger partial charge is 0.349 e. The van der Waals surface area contributed by atoms with Crippen LogP contribution in [0.15, 0.2) is 24.3 Å². The van der Waals surface area contributed by atoms with Crippen molar-refractivity contribution in [2.75, 3.05) is 5.33 Å². The lowest BCUT2D eigenvalue weighted by Crippen LogP contribution is -2.53. The molecule has 1 atom stereocenters. The predicted octanol–water partition coefficient (Wildman–Crippen LogP) is 3.54. The van der Waals surface area contributed by atoms with Crippen molar-refractivity contribution >= 4 is 21.8 Å². The zero-order valence-electron chi connectivity index (χ0n) is 11.1. The van der Waals surface area contributed by atoms with Gasteiger partial charge in [0.1, 0.15) is 0 Å². The molecule has 0 aromatic heterocycles. The molecule has 1 unspecified atom stereocenters. The van der Waals surface area contributed by atoms with Crippen LogP contribution in [0.25, 0.3) is 0 Å². The number of amides is 1. The molecule has 0 heterocycles. The van der Waals surface area contributed by atoms with E-state index >= 15 is 0 Å². The van der Waals surface area contributed by atoms with Crippen LogP contribution in [0.1, 0.15) is 49.1 Å². The molecule has 3 heteroatoms. The summed E-state index contributed by atoms with van der Waals surface area (Å²) in [6, 6.07) is 8.29. The SMILES string of the molecule is O=C(NC1(CBr)CCCCC1)C1Cc2ccccc21. The summed E-state index contributed by atoms with van der Waals surface area (Å²) in [5.74, 6) is 0.300. The van der Waals surface area contributed by atoms with Gasteiger partial charge in [-0.3, -0.25) is 4.79 Å². The number of hydrogen-bond donors (Lipinski definition) is 1. The van der Waals surface area contributed by atoms with Gasteiger partial charge in [0.25, 0.3) is 0 Å². The summed E-state index contributed by atoms with van der Waals surface area (Å²) in [5.41, 5.74) is 2.56. The predicted molar refractivity (Wildman–Crippen MR) is 80.6 cm³/mol. The van der Waals surface area contributed by atoms with Crippen molar-refractivity contribution in [3.8, 4) is 0 Å². The fraction of sp³-hybridized carbons (Fsp3) is 0.562. The highest BCUT2D eigenvalue weighted by molar-refractivity contribution is 9.09. The molecule has 1 N–H and O–H groups in total. The maximum absolute atomic E-state index is 12.5. The van der Waals surface area contributed by atoms with Gasteiger partial charge in [-0.1, -0.05) is 59.5 Å². The van der Waals surface area contributed by atoms with Crippen molar-refractivity contribution < 1.29 is 4.79 Å². The Morgan fingerprint density at radius 3 is 2.68 bits per heavy atom. The van der Waals surface area contributed by atoms with E-state index in [0.717, 1.165) is 24.6 Å². The molecule has 2 nitrogen and oxygen atoms in total. The zero-order chi connectivity index (χ0) is 13.3. The number of benzene rings is 1. The maximum Gasteiger partial charge on any atom is 0.228 e. The number of alkyl halides is 1. The Hall–Kier alpha value is -0.830. The normalized spacial score (nSPS) is 24.2. The molecule has 1 fully saturated rings. The molecule has 0 saturated heterocycles. The van der Waals surface area contributed by atoms with E-state index in [9.17, 15) is 4.79 Å². The third-order valence-corrected chi connectivity index (χ3v) is 5.70. The van der Waals surface area contributed by atoms with Crippen molar-refractivity contribution in [3.05, 3.63) is 35.4 Å². The van der Waals surface area contributed by atoms with E-state index in [1.807, 2.05) is 12.1 Å². The first-order valence-electron chi connectivity index (χ1n) is 7.20. The van der Waals surface area contributed by atoms with E-state index in [2.05, 4.69) is 33.4 Å². The number of halogens is 1. The van der Waals surface area contributed by atoms with E-state index in [0.29, 0.717) is 0 Å². The summed E-state index contributed by atoms with van der Waals surface area (Å²) in [6.45, 7) is 0. The number of nitrogens with one attached hydrogen (secondary N) is 1. The smallest absolute Gasteiger partial charge is 0.228 e. The number of hydrogen-bond acceptors (Lipinski definition) is 1. The Morgan fingerprint density at radius 1 is 1.26 bits per heavy atom. The molecule has 19 heavy (non-hydrogen) atoms. The standard InChI is InChI=1S/C16H20BrNO/c17-11-16(8-4-1-5-9-16)18-15(19)14-10-12-6-2-3-7-13(12)14/h2-3,6-7,14H,1,4-5,8-11H2,(H,18,19).